The number of aromatic nitrogens is 3. The number of hydrogen-bond donors (Lipinski definition) is 2. The molecule has 0 aliphatic heterocycles. The monoisotopic (exact) mass is 451 g/mol. The fourth-order valence-electron chi connectivity index (χ4n) is 2.41. The molecule has 3 aromatic rings. The summed E-state index contributed by atoms with van der Waals surface area (Å²) in [5.74, 6) is -2.85. The van der Waals surface area contributed by atoms with E-state index < -0.39 is 29.8 Å². The number of benzene rings is 2. The van der Waals surface area contributed by atoms with E-state index in [2.05, 4.69) is 30.6 Å². The lowest BCUT2D eigenvalue weighted by molar-refractivity contribution is -0.274. The molecule has 1 aromatic heterocycles. The van der Waals surface area contributed by atoms with Gasteiger partial charge in [-0.3, -0.25) is 14.9 Å². The molecule has 0 radical (unpaired) electrons. The lowest BCUT2D eigenvalue weighted by Crippen LogP contribution is -2.21. The maximum absolute atomic E-state index is 12.6. The average molecular weight is 452 g/mol. The summed E-state index contributed by atoms with van der Waals surface area (Å²) in [6, 6.07) is 12.1. The average Bonchev–Trinajstić information content (AvgIpc) is 2.75. The second kappa shape index (κ2) is 9.39. The molecule has 12 heteroatoms. The first kappa shape index (κ1) is 22.0. The van der Waals surface area contributed by atoms with Gasteiger partial charge in [-0.25, -0.2) is 4.98 Å². The second-order valence-corrected chi connectivity index (χ2v) is 6.20. The number of nitrogens with one attached hydrogen (secondary N) is 2. The van der Waals surface area contributed by atoms with Gasteiger partial charge in [0.2, 0.25) is 11.9 Å². The van der Waals surface area contributed by atoms with Crippen molar-refractivity contribution in [3.63, 3.8) is 0 Å². The van der Waals surface area contributed by atoms with E-state index in [9.17, 15) is 22.8 Å². The van der Waals surface area contributed by atoms with Crippen LogP contribution >= 0.6 is 11.6 Å². The summed E-state index contributed by atoms with van der Waals surface area (Å²) in [7, 11) is 0. The zero-order valence-corrected chi connectivity index (χ0v) is 16.2. The van der Waals surface area contributed by atoms with Crippen molar-refractivity contribution in [2.75, 3.05) is 16.5 Å². The van der Waals surface area contributed by atoms with E-state index in [1.165, 1.54) is 6.20 Å². The molecule has 0 aliphatic rings. The van der Waals surface area contributed by atoms with E-state index in [0.717, 1.165) is 23.8 Å². The van der Waals surface area contributed by atoms with E-state index in [1.54, 1.807) is 0 Å². The first-order chi connectivity index (χ1) is 14.7. The summed E-state index contributed by atoms with van der Waals surface area (Å²) in [5.41, 5.74) is 0.794. The van der Waals surface area contributed by atoms with E-state index in [4.69, 9.17) is 11.6 Å². The highest BCUT2D eigenvalue weighted by Gasteiger charge is 2.32. The van der Waals surface area contributed by atoms with Crippen LogP contribution in [0.25, 0.3) is 11.3 Å². The first-order valence-electron chi connectivity index (χ1n) is 8.57. The number of anilines is 2. The Morgan fingerprint density at radius 3 is 2.39 bits per heavy atom. The SMILES string of the molecule is O=C(CCl)Nc1cc(C(=O)Nc2ncc(-c3ccccc3)nn2)ccc1OC(F)(F)F. The summed E-state index contributed by atoms with van der Waals surface area (Å²) < 4.78 is 41.6. The summed E-state index contributed by atoms with van der Waals surface area (Å²) in [6.07, 6.45) is -3.59. The third kappa shape index (κ3) is 6.12. The van der Waals surface area contributed by atoms with Crippen molar-refractivity contribution in [3.05, 3.63) is 60.3 Å². The van der Waals surface area contributed by atoms with Crippen LogP contribution in [0, 0.1) is 0 Å². The molecule has 0 fully saturated rings. The van der Waals surface area contributed by atoms with Crippen LogP contribution in [0.15, 0.2) is 54.7 Å². The molecule has 2 amide bonds. The largest absolute Gasteiger partial charge is 0.573 e. The number of carbonyl (C=O) groups excluding carboxylic acids is 2. The van der Waals surface area contributed by atoms with E-state index in [0.29, 0.717) is 5.69 Å². The molecule has 0 saturated carbocycles. The molecule has 1 heterocycles. The van der Waals surface area contributed by atoms with Crippen LogP contribution in [-0.2, 0) is 4.79 Å². The number of ether oxygens (including phenoxy) is 1. The molecule has 3 rings (SSSR count). The van der Waals surface area contributed by atoms with Gasteiger partial charge in [0.25, 0.3) is 5.91 Å². The van der Waals surface area contributed by atoms with Crippen LogP contribution in [0.4, 0.5) is 24.8 Å². The van der Waals surface area contributed by atoms with Crippen LogP contribution in [0.5, 0.6) is 5.75 Å². The Balaban J connectivity index is 1.79. The maximum atomic E-state index is 12.6. The van der Waals surface area contributed by atoms with Crippen LogP contribution in [0.2, 0.25) is 0 Å². The maximum Gasteiger partial charge on any atom is 0.573 e. The molecule has 0 atom stereocenters. The smallest absolute Gasteiger partial charge is 0.404 e. The van der Waals surface area contributed by atoms with E-state index >= 15 is 0 Å². The molecular weight excluding hydrogens is 439 g/mol. The third-order valence-corrected chi connectivity index (χ3v) is 3.96. The molecule has 0 saturated heterocycles. The van der Waals surface area contributed by atoms with Gasteiger partial charge in [-0.15, -0.1) is 35.0 Å². The Kier molecular flexibility index (Phi) is 6.65. The highest BCUT2D eigenvalue weighted by Crippen LogP contribution is 2.31. The lowest BCUT2D eigenvalue weighted by Gasteiger charge is -2.14. The van der Waals surface area contributed by atoms with Crippen LogP contribution < -0.4 is 15.4 Å². The Morgan fingerprint density at radius 2 is 1.77 bits per heavy atom. The van der Waals surface area contributed by atoms with Crippen LogP contribution in [0.3, 0.4) is 0 Å². The summed E-state index contributed by atoms with van der Waals surface area (Å²) in [5, 5.41) is 12.3. The Bertz CT molecular complexity index is 1080. The molecular formula is C19H13ClF3N5O3. The number of alkyl halides is 4. The number of hydrogen-bond acceptors (Lipinski definition) is 6. The van der Waals surface area contributed by atoms with Crippen molar-refractivity contribution in [2.24, 2.45) is 0 Å². The summed E-state index contributed by atoms with van der Waals surface area (Å²) in [4.78, 5) is 28.0. The minimum absolute atomic E-state index is 0.0878. The van der Waals surface area contributed by atoms with Gasteiger partial charge < -0.3 is 10.1 Å². The number of carbonyl (C=O) groups is 2. The minimum atomic E-state index is -5.00. The van der Waals surface area contributed by atoms with Crippen molar-refractivity contribution < 1.29 is 27.5 Å². The number of nitrogens with zero attached hydrogens (tertiary/aromatic N) is 3. The molecule has 8 nitrogen and oxygen atoms in total. The van der Waals surface area contributed by atoms with Gasteiger partial charge in [-0.1, -0.05) is 30.3 Å². The Hall–Kier alpha value is -3.73. The normalized spacial score (nSPS) is 11.0. The second-order valence-electron chi connectivity index (χ2n) is 5.93. The molecule has 31 heavy (non-hydrogen) atoms. The fraction of sp³-hybridized carbons (Fsp3) is 0.105. The minimum Gasteiger partial charge on any atom is -0.404 e. The Morgan fingerprint density at radius 1 is 1.03 bits per heavy atom. The van der Waals surface area contributed by atoms with Gasteiger partial charge in [0.1, 0.15) is 11.6 Å². The standard InChI is InChI=1S/C19H13ClF3N5O3/c20-9-16(29)25-13-8-12(6-7-15(13)31-19(21,22)23)17(30)26-18-24-10-14(27-28-18)11-4-2-1-3-5-11/h1-8,10H,9H2,(H,25,29)(H,24,26,28,30). The predicted molar refractivity (Wildman–Crippen MR) is 106 cm³/mol. The van der Waals surface area contributed by atoms with Gasteiger partial charge in [0.15, 0.2) is 5.75 Å². The molecule has 160 valence electrons. The van der Waals surface area contributed by atoms with Crippen LogP contribution in [0.1, 0.15) is 10.4 Å². The molecule has 0 bridgehead atoms. The zero-order valence-electron chi connectivity index (χ0n) is 15.5. The van der Waals surface area contributed by atoms with Gasteiger partial charge in [-0.2, -0.15) is 0 Å². The van der Waals surface area contributed by atoms with Crippen molar-refractivity contribution in [3.8, 4) is 17.0 Å². The number of amides is 2. The summed E-state index contributed by atoms with van der Waals surface area (Å²) in [6.45, 7) is 0. The Labute approximate surface area is 178 Å². The van der Waals surface area contributed by atoms with Crippen molar-refractivity contribution >= 4 is 35.1 Å². The van der Waals surface area contributed by atoms with Gasteiger partial charge >= 0.3 is 6.36 Å². The van der Waals surface area contributed by atoms with Crippen LogP contribution in [-0.4, -0.2) is 39.2 Å². The van der Waals surface area contributed by atoms with Gasteiger partial charge in [0.05, 0.1) is 11.9 Å². The lowest BCUT2D eigenvalue weighted by atomic mass is 10.1. The number of halogens is 4. The molecule has 0 aliphatic carbocycles. The topological polar surface area (TPSA) is 106 Å². The van der Waals surface area contributed by atoms with Crippen molar-refractivity contribution in [2.45, 2.75) is 6.36 Å². The molecule has 2 N–H and O–H groups in total. The van der Waals surface area contributed by atoms with Crippen molar-refractivity contribution in [1.82, 2.24) is 15.2 Å². The molecule has 2 aromatic carbocycles. The van der Waals surface area contributed by atoms with E-state index in [1.807, 2.05) is 30.3 Å². The third-order valence-electron chi connectivity index (χ3n) is 3.72. The predicted octanol–water partition coefficient (Wildman–Crippen LogP) is 3.87. The van der Waals surface area contributed by atoms with Gasteiger partial charge in [-0.05, 0) is 18.2 Å². The zero-order chi connectivity index (χ0) is 22.4. The number of rotatable bonds is 6. The molecule has 0 spiro atoms. The molecule has 0 unspecified atom stereocenters. The van der Waals surface area contributed by atoms with Gasteiger partial charge in [0, 0.05) is 11.1 Å². The first-order valence-corrected chi connectivity index (χ1v) is 9.11. The highest BCUT2D eigenvalue weighted by molar-refractivity contribution is 6.29. The quantitative estimate of drug-likeness (QED) is 0.551. The summed E-state index contributed by atoms with van der Waals surface area (Å²) >= 11 is 5.38. The fourth-order valence-corrected chi connectivity index (χ4v) is 2.48. The highest BCUT2D eigenvalue weighted by atomic mass is 35.5. The van der Waals surface area contributed by atoms with E-state index in [-0.39, 0.29) is 17.2 Å². The van der Waals surface area contributed by atoms with Crippen molar-refractivity contribution in [1.29, 1.82) is 0 Å².